The van der Waals surface area contributed by atoms with Gasteiger partial charge in [0.25, 0.3) is 0 Å². The molecule has 134 valence electrons. The Morgan fingerprint density at radius 3 is 2.44 bits per heavy atom. The van der Waals surface area contributed by atoms with Crippen molar-refractivity contribution >= 4 is 16.9 Å². The molecule has 0 aliphatic rings. The van der Waals surface area contributed by atoms with Crippen molar-refractivity contribution in [2.24, 2.45) is 0 Å². The van der Waals surface area contributed by atoms with Crippen molar-refractivity contribution in [1.29, 1.82) is 0 Å². The summed E-state index contributed by atoms with van der Waals surface area (Å²) in [7, 11) is 1.58. The lowest BCUT2D eigenvalue weighted by Gasteiger charge is -2.06. The molecule has 2 aromatic carbocycles. The van der Waals surface area contributed by atoms with E-state index in [9.17, 15) is 9.59 Å². The van der Waals surface area contributed by atoms with E-state index in [1.165, 1.54) is 18.4 Å². The van der Waals surface area contributed by atoms with Crippen LogP contribution in [0.1, 0.15) is 10.6 Å². The first kappa shape index (κ1) is 16.7. The summed E-state index contributed by atoms with van der Waals surface area (Å²) >= 11 is 0. The average Bonchev–Trinajstić information content (AvgIpc) is 3.22. The summed E-state index contributed by atoms with van der Waals surface area (Å²) in [4.78, 5) is 24.3. The first-order chi connectivity index (χ1) is 13.1. The molecule has 0 bridgehead atoms. The molecule has 0 saturated heterocycles. The lowest BCUT2D eigenvalue weighted by molar-refractivity contribution is 0.0701. The molecule has 4 aromatic rings. The van der Waals surface area contributed by atoms with Gasteiger partial charge in [-0.15, -0.1) is 0 Å². The number of ether oxygens (including phenoxy) is 2. The molecule has 0 radical (unpaired) electrons. The maximum absolute atomic E-state index is 12.4. The number of carbonyl (C=O) groups is 1. The third-order valence-corrected chi connectivity index (χ3v) is 4.04. The first-order valence-corrected chi connectivity index (χ1v) is 8.12. The Balaban J connectivity index is 1.67. The smallest absolute Gasteiger partial charge is 0.379 e. The van der Waals surface area contributed by atoms with E-state index in [4.69, 9.17) is 18.3 Å². The van der Waals surface area contributed by atoms with Gasteiger partial charge in [-0.25, -0.2) is 9.59 Å². The SMILES string of the molecule is COc1ccc(-c2cc3ccc(OC(=O)c4ccco4)cc3oc2=O)cc1. The van der Waals surface area contributed by atoms with Crippen molar-refractivity contribution in [3.05, 3.63) is 83.1 Å². The molecule has 6 heteroatoms. The number of carbonyl (C=O) groups excluding carboxylic acids is 1. The van der Waals surface area contributed by atoms with Crippen LogP contribution >= 0.6 is 0 Å². The first-order valence-electron chi connectivity index (χ1n) is 8.12. The quantitative estimate of drug-likeness (QED) is 0.306. The highest BCUT2D eigenvalue weighted by Crippen LogP contribution is 2.26. The predicted molar refractivity (Wildman–Crippen MR) is 98.1 cm³/mol. The van der Waals surface area contributed by atoms with E-state index in [0.717, 1.165) is 5.56 Å². The topological polar surface area (TPSA) is 78.9 Å². The number of furan rings is 1. The third-order valence-electron chi connectivity index (χ3n) is 4.04. The maximum Gasteiger partial charge on any atom is 0.379 e. The van der Waals surface area contributed by atoms with Gasteiger partial charge in [-0.1, -0.05) is 12.1 Å². The molecular weight excluding hydrogens is 348 g/mol. The second kappa shape index (κ2) is 6.84. The lowest BCUT2D eigenvalue weighted by Crippen LogP contribution is -2.07. The van der Waals surface area contributed by atoms with Crippen LogP contribution < -0.4 is 15.1 Å². The summed E-state index contributed by atoms with van der Waals surface area (Å²) in [5.74, 6) is 0.416. The van der Waals surface area contributed by atoms with E-state index in [-0.39, 0.29) is 11.5 Å². The van der Waals surface area contributed by atoms with Crippen molar-refractivity contribution in [2.45, 2.75) is 0 Å². The number of rotatable bonds is 4. The minimum atomic E-state index is -0.628. The average molecular weight is 362 g/mol. The third kappa shape index (κ3) is 3.32. The van der Waals surface area contributed by atoms with Crippen molar-refractivity contribution in [3.8, 4) is 22.6 Å². The Bertz CT molecular complexity index is 1150. The standard InChI is InChI=1S/C21H14O6/c1-24-15-7-4-13(5-8-15)17-11-14-6-9-16(12-19(14)27-20(17)22)26-21(23)18-3-2-10-25-18/h2-12H,1H3. The van der Waals surface area contributed by atoms with Crippen LogP contribution in [0.5, 0.6) is 11.5 Å². The molecule has 6 nitrogen and oxygen atoms in total. The minimum absolute atomic E-state index is 0.0893. The second-order valence-corrected chi connectivity index (χ2v) is 5.74. The lowest BCUT2D eigenvalue weighted by atomic mass is 10.1. The summed E-state index contributed by atoms with van der Waals surface area (Å²) < 4.78 is 20.8. The molecule has 0 spiro atoms. The van der Waals surface area contributed by atoms with Gasteiger partial charge in [-0.3, -0.25) is 0 Å². The zero-order valence-electron chi connectivity index (χ0n) is 14.3. The number of hydrogen-bond donors (Lipinski definition) is 0. The summed E-state index contributed by atoms with van der Waals surface area (Å²) in [5, 5.41) is 0.707. The zero-order valence-corrected chi connectivity index (χ0v) is 14.3. The fraction of sp³-hybridized carbons (Fsp3) is 0.0476. The van der Waals surface area contributed by atoms with E-state index >= 15 is 0 Å². The van der Waals surface area contributed by atoms with Gasteiger partial charge in [0.2, 0.25) is 5.76 Å². The van der Waals surface area contributed by atoms with Gasteiger partial charge in [0.1, 0.15) is 17.1 Å². The molecule has 0 amide bonds. The maximum atomic E-state index is 12.4. The van der Waals surface area contributed by atoms with E-state index in [1.807, 2.05) is 0 Å². The van der Waals surface area contributed by atoms with Crippen LogP contribution in [-0.4, -0.2) is 13.1 Å². The molecule has 0 N–H and O–H groups in total. The summed E-state index contributed by atoms with van der Waals surface area (Å²) in [5.41, 5.74) is 0.995. The normalized spacial score (nSPS) is 10.7. The van der Waals surface area contributed by atoms with Gasteiger partial charge in [-0.2, -0.15) is 0 Å². The second-order valence-electron chi connectivity index (χ2n) is 5.74. The van der Waals surface area contributed by atoms with Gasteiger partial charge in [-0.05, 0) is 48.0 Å². The van der Waals surface area contributed by atoms with Crippen LogP contribution in [-0.2, 0) is 0 Å². The summed E-state index contributed by atoms with van der Waals surface area (Å²) in [6, 6.07) is 16.8. The highest BCUT2D eigenvalue weighted by atomic mass is 16.5. The van der Waals surface area contributed by atoms with Crippen molar-refractivity contribution in [1.82, 2.24) is 0 Å². The molecular formula is C21H14O6. The van der Waals surface area contributed by atoms with Crippen LogP contribution in [0.2, 0.25) is 0 Å². The van der Waals surface area contributed by atoms with Crippen LogP contribution in [0.3, 0.4) is 0 Å². The van der Waals surface area contributed by atoms with Crippen LogP contribution in [0.4, 0.5) is 0 Å². The van der Waals surface area contributed by atoms with E-state index in [0.29, 0.717) is 22.3 Å². The van der Waals surface area contributed by atoms with E-state index in [1.54, 1.807) is 55.6 Å². The number of methoxy groups -OCH3 is 1. The van der Waals surface area contributed by atoms with Gasteiger partial charge in [0, 0.05) is 11.5 Å². The molecule has 27 heavy (non-hydrogen) atoms. The molecule has 0 atom stereocenters. The molecule has 2 aromatic heterocycles. The molecule has 0 unspecified atom stereocenters. The number of benzene rings is 2. The number of esters is 1. The molecule has 0 aliphatic heterocycles. The molecule has 0 fully saturated rings. The zero-order chi connectivity index (χ0) is 18.8. The Kier molecular flexibility index (Phi) is 4.22. The Hall–Kier alpha value is -3.80. The fourth-order valence-corrected chi connectivity index (χ4v) is 2.68. The monoisotopic (exact) mass is 362 g/mol. The molecule has 0 aliphatic carbocycles. The largest absolute Gasteiger partial charge is 0.497 e. The van der Waals surface area contributed by atoms with Crippen molar-refractivity contribution < 1.29 is 23.1 Å². The summed E-state index contributed by atoms with van der Waals surface area (Å²) in [6.07, 6.45) is 1.39. The Morgan fingerprint density at radius 1 is 0.963 bits per heavy atom. The van der Waals surface area contributed by atoms with Gasteiger partial charge in [0.15, 0.2) is 0 Å². The van der Waals surface area contributed by atoms with Gasteiger partial charge in [0.05, 0.1) is 18.9 Å². The van der Waals surface area contributed by atoms with Crippen molar-refractivity contribution in [3.63, 3.8) is 0 Å². The Morgan fingerprint density at radius 2 is 1.74 bits per heavy atom. The van der Waals surface area contributed by atoms with Gasteiger partial charge < -0.3 is 18.3 Å². The highest BCUT2D eigenvalue weighted by molar-refractivity contribution is 5.89. The Labute approximate surface area is 153 Å². The fourth-order valence-electron chi connectivity index (χ4n) is 2.68. The van der Waals surface area contributed by atoms with Gasteiger partial charge >= 0.3 is 11.6 Å². The predicted octanol–water partition coefficient (Wildman–Crippen LogP) is 4.28. The van der Waals surface area contributed by atoms with Crippen molar-refractivity contribution in [2.75, 3.05) is 7.11 Å². The van der Waals surface area contributed by atoms with Crippen LogP contribution in [0.15, 0.2) is 80.6 Å². The van der Waals surface area contributed by atoms with Crippen LogP contribution in [0, 0.1) is 0 Å². The molecule has 4 rings (SSSR count). The number of hydrogen-bond acceptors (Lipinski definition) is 6. The number of fused-ring (bicyclic) bond motifs is 1. The molecule has 0 saturated carbocycles. The van der Waals surface area contributed by atoms with E-state index < -0.39 is 11.6 Å². The summed E-state index contributed by atoms with van der Waals surface area (Å²) in [6.45, 7) is 0. The highest BCUT2D eigenvalue weighted by Gasteiger charge is 2.13. The minimum Gasteiger partial charge on any atom is -0.497 e. The van der Waals surface area contributed by atoms with Crippen LogP contribution in [0.25, 0.3) is 22.1 Å². The molecule has 2 heterocycles. The van der Waals surface area contributed by atoms with E-state index in [2.05, 4.69) is 0 Å².